The van der Waals surface area contributed by atoms with Gasteiger partial charge in [-0.15, -0.1) is 0 Å². The molecule has 9 heteroatoms. The maximum atomic E-state index is 13.1. The molecular weight excluding hydrogens is 408 g/mol. The molecule has 166 valence electrons. The maximum absolute atomic E-state index is 13.1. The number of benzene rings is 1. The Kier molecular flexibility index (Phi) is 7.85. The number of sulfonamides is 1. The SMILES string of the molecule is Cc1ccc(NC(=O)COC(=O)C2CCOCC2)cc1S(=O)(=O)N1CCCCCC1. The maximum Gasteiger partial charge on any atom is 0.309 e. The fourth-order valence-corrected chi connectivity index (χ4v) is 5.53. The molecule has 0 unspecified atom stereocenters. The molecule has 1 aromatic carbocycles. The van der Waals surface area contributed by atoms with Crippen LogP contribution >= 0.6 is 0 Å². The van der Waals surface area contributed by atoms with Gasteiger partial charge in [-0.2, -0.15) is 4.31 Å². The summed E-state index contributed by atoms with van der Waals surface area (Å²) < 4.78 is 38.1. The second kappa shape index (κ2) is 10.4. The van der Waals surface area contributed by atoms with Crippen molar-refractivity contribution in [3.8, 4) is 0 Å². The first-order chi connectivity index (χ1) is 14.4. The van der Waals surface area contributed by atoms with Crippen molar-refractivity contribution in [2.75, 3.05) is 38.2 Å². The van der Waals surface area contributed by atoms with E-state index in [0.29, 0.717) is 50.4 Å². The largest absolute Gasteiger partial charge is 0.455 e. The molecule has 2 saturated heterocycles. The van der Waals surface area contributed by atoms with Gasteiger partial charge < -0.3 is 14.8 Å². The third-order valence-corrected chi connectivity index (χ3v) is 7.60. The van der Waals surface area contributed by atoms with Crippen LogP contribution in [0.3, 0.4) is 0 Å². The topological polar surface area (TPSA) is 102 Å². The molecule has 1 aromatic rings. The van der Waals surface area contributed by atoms with Crippen LogP contribution in [0.5, 0.6) is 0 Å². The third kappa shape index (κ3) is 5.80. The van der Waals surface area contributed by atoms with Crippen molar-refractivity contribution in [2.45, 2.75) is 50.3 Å². The van der Waals surface area contributed by atoms with Crippen LogP contribution in [0.4, 0.5) is 5.69 Å². The quantitative estimate of drug-likeness (QED) is 0.685. The van der Waals surface area contributed by atoms with Crippen molar-refractivity contribution in [3.05, 3.63) is 23.8 Å². The zero-order valence-electron chi connectivity index (χ0n) is 17.4. The molecule has 1 amide bonds. The highest BCUT2D eigenvalue weighted by Gasteiger charge is 2.27. The van der Waals surface area contributed by atoms with Crippen molar-refractivity contribution >= 4 is 27.6 Å². The normalized spacial score (nSPS) is 19.1. The molecule has 1 N–H and O–H groups in total. The fourth-order valence-electron chi connectivity index (χ4n) is 3.76. The predicted molar refractivity (Wildman–Crippen MR) is 112 cm³/mol. The van der Waals surface area contributed by atoms with Crippen LogP contribution in [0, 0.1) is 12.8 Å². The Balaban J connectivity index is 1.62. The standard InChI is InChI=1S/C21H30N2O6S/c1-16-6-7-18(14-19(16)30(26,27)23-10-4-2-3-5-11-23)22-20(24)15-29-21(25)17-8-12-28-13-9-17/h6-7,14,17H,2-5,8-13,15H2,1H3,(H,22,24). The van der Waals surface area contributed by atoms with Crippen molar-refractivity contribution in [2.24, 2.45) is 5.92 Å². The van der Waals surface area contributed by atoms with Gasteiger partial charge in [-0.05, 0) is 50.3 Å². The van der Waals surface area contributed by atoms with E-state index in [-0.39, 0.29) is 10.8 Å². The Labute approximate surface area is 178 Å². The number of amides is 1. The van der Waals surface area contributed by atoms with Gasteiger partial charge in [0.2, 0.25) is 10.0 Å². The molecule has 0 aliphatic carbocycles. The Morgan fingerprint density at radius 1 is 1.13 bits per heavy atom. The second-order valence-electron chi connectivity index (χ2n) is 7.84. The number of ether oxygens (including phenoxy) is 2. The zero-order valence-corrected chi connectivity index (χ0v) is 18.2. The van der Waals surface area contributed by atoms with Gasteiger partial charge in [-0.3, -0.25) is 9.59 Å². The number of rotatable bonds is 6. The van der Waals surface area contributed by atoms with Gasteiger partial charge in [0.05, 0.1) is 10.8 Å². The first-order valence-electron chi connectivity index (χ1n) is 10.5. The zero-order chi connectivity index (χ0) is 21.6. The van der Waals surface area contributed by atoms with E-state index in [4.69, 9.17) is 9.47 Å². The molecule has 0 atom stereocenters. The molecule has 0 bridgehead atoms. The number of aryl methyl sites for hydroxylation is 1. The van der Waals surface area contributed by atoms with E-state index in [1.807, 2.05) is 0 Å². The first-order valence-corrected chi connectivity index (χ1v) is 12.0. The third-order valence-electron chi connectivity index (χ3n) is 5.55. The van der Waals surface area contributed by atoms with E-state index in [1.165, 1.54) is 10.4 Å². The number of nitrogens with zero attached hydrogens (tertiary/aromatic N) is 1. The van der Waals surface area contributed by atoms with Crippen LogP contribution in [-0.4, -0.2) is 57.5 Å². The highest BCUT2D eigenvalue weighted by molar-refractivity contribution is 7.89. The minimum Gasteiger partial charge on any atom is -0.455 e. The lowest BCUT2D eigenvalue weighted by Crippen LogP contribution is -2.32. The number of carbonyl (C=O) groups is 2. The Bertz CT molecular complexity index is 856. The van der Waals surface area contributed by atoms with Crippen LogP contribution in [-0.2, 0) is 29.1 Å². The smallest absolute Gasteiger partial charge is 0.309 e. The number of anilines is 1. The highest BCUT2D eigenvalue weighted by atomic mass is 32.2. The van der Waals surface area contributed by atoms with Gasteiger partial charge in [0.1, 0.15) is 0 Å². The molecule has 3 rings (SSSR count). The molecule has 8 nitrogen and oxygen atoms in total. The molecule has 2 heterocycles. The average Bonchev–Trinajstić information content (AvgIpc) is 3.04. The summed E-state index contributed by atoms with van der Waals surface area (Å²) in [6, 6.07) is 4.80. The Hall–Kier alpha value is -1.97. The number of esters is 1. The van der Waals surface area contributed by atoms with E-state index in [0.717, 1.165) is 25.7 Å². The molecule has 0 spiro atoms. The van der Waals surface area contributed by atoms with E-state index < -0.39 is 28.5 Å². The average molecular weight is 439 g/mol. The Morgan fingerprint density at radius 3 is 2.47 bits per heavy atom. The summed E-state index contributed by atoms with van der Waals surface area (Å²) in [6.07, 6.45) is 4.97. The number of nitrogens with one attached hydrogen (secondary N) is 1. The van der Waals surface area contributed by atoms with Crippen molar-refractivity contribution in [1.82, 2.24) is 4.31 Å². The number of carbonyl (C=O) groups excluding carboxylic acids is 2. The number of hydrogen-bond donors (Lipinski definition) is 1. The molecule has 2 aliphatic heterocycles. The molecule has 0 aromatic heterocycles. The fraction of sp³-hybridized carbons (Fsp3) is 0.619. The predicted octanol–water partition coefficient (Wildman–Crippen LogP) is 2.47. The highest BCUT2D eigenvalue weighted by Crippen LogP contribution is 2.26. The molecule has 0 saturated carbocycles. The van der Waals surface area contributed by atoms with Gasteiger partial charge in [-0.25, -0.2) is 8.42 Å². The van der Waals surface area contributed by atoms with E-state index in [9.17, 15) is 18.0 Å². The van der Waals surface area contributed by atoms with E-state index >= 15 is 0 Å². The van der Waals surface area contributed by atoms with Crippen molar-refractivity contribution in [3.63, 3.8) is 0 Å². The summed E-state index contributed by atoms with van der Waals surface area (Å²) in [6.45, 7) is 3.40. The first kappa shape index (κ1) is 22.7. The molecule has 2 aliphatic rings. The van der Waals surface area contributed by atoms with Gasteiger partial charge in [0.25, 0.3) is 5.91 Å². The Morgan fingerprint density at radius 2 is 1.80 bits per heavy atom. The lowest BCUT2D eigenvalue weighted by molar-refractivity contribution is -0.154. The van der Waals surface area contributed by atoms with Crippen molar-refractivity contribution in [1.29, 1.82) is 0 Å². The van der Waals surface area contributed by atoms with Gasteiger partial charge in [0.15, 0.2) is 6.61 Å². The molecule has 2 fully saturated rings. The van der Waals surface area contributed by atoms with Crippen LogP contribution in [0.25, 0.3) is 0 Å². The van der Waals surface area contributed by atoms with Crippen molar-refractivity contribution < 1.29 is 27.5 Å². The van der Waals surface area contributed by atoms with E-state index in [1.54, 1.807) is 19.1 Å². The summed E-state index contributed by atoms with van der Waals surface area (Å²) in [5, 5.41) is 2.63. The van der Waals surface area contributed by atoms with Gasteiger partial charge in [0, 0.05) is 32.0 Å². The monoisotopic (exact) mass is 438 g/mol. The van der Waals surface area contributed by atoms with Crippen LogP contribution < -0.4 is 5.32 Å². The van der Waals surface area contributed by atoms with Gasteiger partial charge >= 0.3 is 5.97 Å². The van der Waals surface area contributed by atoms with E-state index in [2.05, 4.69) is 5.32 Å². The molecular formula is C21H30N2O6S. The number of hydrogen-bond acceptors (Lipinski definition) is 6. The van der Waals surface area contributed by atoms with Gasteiger partial charge in [-0.1, -0.05) is 18.9 Å². The second-order valence-corrected chi connectivity index (χ2v) is 9.75. The van der Waals surface area contributed by atoms with Crippen LogP contribution in [0.15, 0.2) is 23.1 Å². The summed E-state index contributed by atoms with van der Waals surface area (Å²) >= 11 is 0. The molecule has 30 heavy (non-hydrogen) atoms. The summed E-state index contributed by atoms with van der Waals surface area (Å²) in [4.78, 5) is 24.5. The van der Waals surface area contributed by atoms with Crippen LogP contribution in [0.2, 0.25) is 0 Å². The van der Waals surface area contributed by atoms with Crippen LogP contribution in [0.1, 0.15) is 44.1 Å². The lowest BCUT2D eigenvalue weighted by Gasteiger charge is -2.22. The summed E-state index contributed by atoms with van der Waals surface area (Å²) in [5.41, 5.74) is 0.990. The minimum absolute atomic E-state index is 0.196. The summed E-state index contributed by atoms with van der Waals surface area (Å²) in [7, 11) is -3.63. The molecule has 0 radical (unpaired) electrons. The minimum atomic E-state index is -3.63. The lowest BCUT2D eigenvalue weighted by atomic mass is 10.0. The summed E-state index contributed by atoms with van der Waals surface area (Å²) in [5.74, 6) is -1.14.